The number of aryl methyl sites for hydroxylation is 1. The maximum absolute atomic E-state index is 12.6. The third-order valence-corrected chi connectivity index (χ3v) is 5.65. The van der Waals surface area contributed by atoms with Crippen LogP contribution in [0.1, 0.15) is 41.6 Å². The average molecular weight is 431 g/mol. The minimum Gasteiger partial charge on any atom is -0.355 e. The molecule has 0 spiro atoms. The Morgan fingerprint density at radius 3 is 2.44 bits per heavy atom. The molecule has 3 aromatic rings. The van der Waals surface area contributed by atoms with E-state index in [2.05, 4.69) is 20.4 Å². The van der Waals surface area contributed by atoms with Gasteiger partial charge in [0.1, 0.15) is 0 Å². The Kier molecular flexibility index (Phi) is 6.39. The van der Waals surface area contributed by atoms with Crippen molar-refractivity contribution in [1.82, 2.24) is 10.2 Å². The molecule has 1 fully saturated rings. The van der Waals surface area contributed by atoms with Gasteiger partial charge >= 0.3 is 0 Å². The van der Waals surface area contributed by atoms with Gasteiger partial charge in [-0.05, 0) is 56.2 Å². The van der Waals surface area contributed by atoms with Crippen LogP contribution < -0.4 is 10.2 Å². The van der Waals surface area contributed by atoms with Crippen LogP contribution in [0.15, 0.2) is 54.6 Å². The van der Waals surface area contributed by atoms with E-state index in [4.69, 9.17) is 0 Å². The monoisotopic (exact) mass is 431 g/mol. The number of nitro benzene ring substituents is 1. The Morgan fingerprint density at radius 1 is 1.00 bits per heavy atom. The van der Waals surface area contributed by atoms with Gasteiger partial charge in [-0.1, -0.05) is 25.0 Å². The zero-order valence-electron chi connectivity index (χ0n) is 18.0. The van der Waals surface area contributed by atoms with Gasteiger partial charge in [0, 0.05) is 41.5 Å². The van der Waals surface area contributed by atoms with Crippen molar-refractivity contribution in [2.75, 3.05) is 23.3 Å². The highest BCUT2D eigenvalue weighted by atomic mass is 16.6. The van der Waals surface area contributed by atoms with Crippen molar-refractivity contribution < 1.29 is 9.72 Å². The first-order chi connectivity index (χ1) is 15.5. The van der Waals surface area contributed by atoms with Crippen molar-refractivity contribution >= 4 is 23.1 Å². The van der Waals surface area contributed by atoms with Gasteiger partial charge in [0.15, 0.2) is 5.82 Å². The SMILES string of the molecule is Cc1cc(C(=O)Nc2cccc(-c3ccc(N4CCCCCC4)nn3)c2)ccc1[N+](=O)[O-]. The van der Waals surface area contributed by atoms with E-state index in [-0.39, 0.29) is 11.6 Å². The Morgan fingerprint density at radius 2 is 1.78 bits per heavy atom. The second-order valence-corrected chi connectivity index (χ2v) is 7.97. The van der Waals surface area contributed by atoms with Crippen LogP contribution in [-0.2, 0) is 0 Å². The van der Waals surface area contributed by atoms with E-state index in [1.807, 2.05) is 30.3 Å². The van der Waals surface area contributed by atoms with Crippen molar-refractivity contribution in [3.05, 3.63) is 75.8 Å². The van der Waals surface area contributed by atoms with E-state index >= 15 is 0 Å². The molecule has 2 heterocycles. The topological polar surface area (TPSA) is 101 Å². The molecule has 1 amide bonds. The molecule has 1 N–H and O–H groups in total. The lowest BCUT2D eigenvalue weighted by Crippen LogP contribution is -2.25. The van der Waals surface area contributed by atoms with Gasteiger partial charge < -0.3 is 10.2 Å². The molecular weight excluding hydrogens is 406 g/mol. The number of nitrogens with zero attached hydrogens (tertiary/aromatic N) is 4. The number of carbonyl (C=O) groups excluding carboxylic acids is 1. The predicted molar refractivity (Wildman–Crippen MR) is 124 cm³/mol. The maximum atomic E-state index is 12.6. The molecule has 32 heavy (non-hydrogen) atoms. The van der Waals surface area contributed by atoms with Gasteiger partial charge in [0.05, 0.1) is 10.6 Å². The smallest absolute Gasteiger partial charge is 0.272 e. The van der Waals surface area contributed by atoms with E-state index in [0.29, 0.717) is 16.8 Å². The van der Waals surface area contributed by atoms with E-state index in [0.717, 1.165) is 30.2 Å². The van der Waals surface area contributed by atoms with Crippen LogP contribution in [0.5, 0.6) is 0 Å². The predicted octanol–water partition coefficient (Wildman–Crippen LogP) is 4.99. The van der Waals surface area contributed by atoms with Crippen LogP contribution in [0, 0.1) is 17.0 Å². The molecule has 164 valence electrons. The number of hydrogen-bond donors (Lipinski definition) is 1. The summed E-state index contributed by atoms with van der Waals surface area (Å²) in [4.78, 5) is 25.4. The number of rotatable bonds is 5. The summed E-state index contributed by atoms with van der Waals surface area (Å²) in [5.74, 6) is 0.566. The highest BCUT2D eigenvalue weighted by Crippen LogP contribution is 2.24. The summed E-state index contributed by atoms with van der Waals surface area (Å²) in [7, 11) is 0. The minimum atomic E-state index is -0.459. The summed E-state index contributed by atoms with van der Waals surface area (Å²) in [5.41, 5.74) is 2.98. The molecular formula is C24H25N5O3. The molecule has 1 saturated heterocycles. The highest BCUT2D eigenvalue weighted by molar-refractivity contribution is 6.04. The normalized spacial score (nSPS) is 14.0. The molecule has 8 heteroatoms. The molecule has 0 radical (unpaired) electrons. The number of hydrogen-bond acceptors (Lipinski definition) is 6. The van der Waals surface area contributed by atoms with Crippen molar-refractivity contribution in [1.29, 1.82) is 0 Å². The molecule has 0 bridgehead atoms. The lowest BCUT2D eigenvalue weighted by molar-refractivity contribution is -0.385. The molecule has 1 aliphatic heterocycles. The second-order valence-electron chi connectivity index (χ2n) is 7.97. The number of nitro groups is 1. The van der Waals surface area contributed by atoms with Crippen molar-refractivity contribution in [2.24, 2.45) is 0 Å². The lowest BCUT2D eigenvalue weighted by Gasteiger charge is -2.20. The fraction of sp³-hybridized carbons (Fsp3) is 0.292. The average Bonchev–Trinajstić information content (AvgIpc) is 3.09. The minimum absolute atomic E-state index is 0.00857. The van der Waals surface area contributed by atoms with E-state index < -0.39 is 4.92 Å². The summed E-state index contributed by atoms with van der Waals surface area (Å²) in [6, 6.07) is 15.7. The molecule has 4 rings (SSSR count). The molecule has 0 atom stereocenters. The number of amides is 1. The van der Waals surface area contributed by atoms with Crippen molar-refractivity contribution in [2.45, 2.75) is 32.6 Å². The molecule has 1 aromatic heterocycles. The van der Waals surface area contributed by atoms with Crippen LogP contribution in [-0.4, -0.2) is 34.1 Å². The van der Waals surface area contributed by atoms with Crippen LogP contribution in [0.2, 0.25) is 0 Å². The fourth-order valence-corrected chi connectivity index (χ4v) is 3.91. The maximum Gasteiger partial charge on any atom is 0.272 e. The first kappa shape index (κ1) is 21.4. The van der Waals surface area contributed by atoms with E-state index in [1.165, 1.54) is 43.9 Å². The molecule has 8 nitrogen and oxygen atoms in total. The summed E-state index contributed by atoms with van der Waals surface area (Å²) in [5, 5.41) is 22.7. The Labute approximate surface area is 186 Å². The van der Waals surface area contributed by atoms with Gasteiger partial charge in [-0.25, -0.2) is 0 Å². The van der Waals surface area contributed by atoms with Gasteiger partial charge in [-0.3, -0.25) is 14.9 Å². The van der Waals surface area contributed by atoms with E-state index in [9.17, 15) is 14.9 Å². The Bertz CT molecular complexity index is 1120. The summed E-state index contributed by atoms with van der Waals surface area (Å²) in [6.07, 6.45) is 4.89. The zero-order chi connectivity index (χ0) is 22.5. The highest BCUT2D eigenvalue weighted by Gasteiger charge is 2.15. The van der Waals surface area contributed by atoms with Gasteiger partial charge in [0.2, 0.25) is 0 Å². The van der Waals surface area contributed by atoms with Crippen molar-refractivity contribution in [3.8, 4) is 11.3 Å². The van der Waals surface area contributed by atoms with Crippen LogP contribution >= 0.6 is 0 Å². The number of nitrogens with one attached hydrogen (secondary N) is 1. The van der Waals surface area contributed by atoms with Gasteiger partial charge in [-0.2, -0.15) is 0 Å². The zero-order valence-corrected chi connectivity index (χ0v) is 18.0. The Hall–Kier alpha value is -3.81. The van der Waals surface area contributed by atoms with E-state index in [1.54, 1.807) is 13.0 Å². The van der Waals surface area contributed by atoms with Crippen LogP contribution in [0.25, 0.3) is 11.3 Å². The second kappa shape index (κ2) is 9.55. The largest absolute Gasteiger partial charge is 0.355 e. The number of benzene rings is 2. The number of anilines is 2. The molecule has 0 saturated carbocycles. The third-order valence-electron chi connectivity index (χ3n) is 5.65. The molecule has 0 aliphatic carbocycles. The van der Waals surface area contributed by atoms with Gasteiger partial charge in [-0.15, -0.1) is 10.2 Å². The third kappa shape index (κ3) is 4.91. The van der Waals surface area contributed by atoms with Crippen LogP contribution in [0.4, 0.5) is 17.2 Å². The first-order valence-electron chi connectivity index (χ1n) is 10.8. The summed E-state index contributed by atoms with van der Waals surface area (Å²) < 4.78 is 0. The quantitative estimate of drug-likeness (QED) is 0.451. The lowest BCUT2D eigenvalue weighted by atomic mass is 10.1. The molecule has 0 unspecified atom stereocenters. The molecule has 2 aromatic carbocycles. The Balaban J connectivity index is 1.48. The number of aromatic nitrogens is 2. The number of carbonyl (C=O) groups is 1. The fourth-order valence-electron chi connectivity index (χ4n) is 3.91. The standard InChI is InChI=1S/C24H25N5O3/c1-17-15-19(9-11-22(17)29(31)32)24(30)25-20-8-6-7-18(16-20)21-10-12-23(27-26-21)28-13-4-2-3-5-14-28/h6-12,15-16H,2-5,13-14H2,1H3,(H,25,30). The summed E-state index contributed by atoms with van der Waals surface area (Å²) >= 11 is 0. The van der Waals surface area contributed by atoms with Gasteiger partial charge in [0.25, 0.3) is 11.6 Å². The first-order valence-corrected chi connectivity index (χ1v) is 10.8. The summed E-state index contributed by atoms with van der Waals surface area (Å²) in [6.45, 7) is 3.64. The molecule has 1 aliphatic rings. The van der Waals surface area contributed by atoms with Crippen LogP contribution in [0.3, 0.4) is 0 Å². The van der Waals surface area contributed by atoms with Crippen molar-refractivity contribution in [3.63, 3.8) is 0 Å².